The van der Waals surface area contributed by atoms with Gasteiger partial charge in [-0.2, -0.15) is 0 Å². The quantitative estimate of drug-likeness (QED) is 0.744. The molecule has 0 atom stereocenters. The number of aromatic amines is 1. The second kappa shape index (κ2) is 4.97. The number of anilines is 1. The molecule has 6 heteroatoms. The van der Waals surface area contributed by atoms with Crippen molar-refractivity contribution >= 4 is 5.95 Å². The Kier molecular flexibility index (Phi) is 3.15. The molecule has 3 rings (SSSR count). The van der Waals surface area contributed by atoms with Crippen molar-refractivity contribution in [3.63, 3.8) is 0 Å². The number of nitrogens with zero attached hydrogens (tertiary/aromatic N) is 2. The summed E-state index contributed by atoms with van der Waals surface area (Å²) in [6.45, 7) is 2.06. The van der Waals surface area contributed by atoms with E-state index in [0.717, 1.165) is 17.8 Å². The lowest BCUT2D eigenvalue weighted by molar-refractivity contribution is 0.241. The molecule has 1 aromatic carbocycles. The van der Waals surface area contributed by atoms with Gasteiger partial charge in [0.05, 0.1) is 11.3 Å². The summed E-state index contributed by atoms with van der Waals surface area (Å²) in [5, 5.41) is 9.48. The van der Waals surface area contributed by atoms with E-state index in [9.17, 15) is 9.90 Å². The zero-order valence-electron chi connectivity index (χ0n) is 11.0. The van der Waals surface area contributed by atoms with Gasteiger partial charge >= 0.3 is 0 Å². The fourth-order valence-electron chi connectivity index (χ4n) is 2.55. The first-order chi connectivity index (χ1) is 9.61. The average molecular weight is 272 g/mol. The number of nitrogens with two attached hydrogens (primary N) is 1. The molecule has 1 aromatic heterocycles. The average Bonchev–Trinajstić information content (AvgIpc) is 2.39. The Morgan fingerprint density at radius 3 is 3.10 bits per heavy atom. The van der Waals surface area contributed by atoms with Crippen molar-refractivity contribution in [1.29, 1.82) is 0 Å². The molecule has 1 aliphatic heterocycles. The van der Waals surface area contributed by atoms with Gasteiger partial charge in [-0.1, -0.05) is 12.1 Å². The van der Waals surface area contributed by atoms with Gasteiger partial charge in [0.1, 0.15) is 5.75 Å². The number of hydrogen-bond acceptors (Lipinski definition) is 5. The molecule has 0 aliphatic carbocycles. The first-order valence-corrected chi connectivity index (χ1v) is 6.49. The first kappa shape index (κ1) is 12.7. The van der Waals surface area contributed by atoms with E-state index in [0.29, 0.717) is 25.1 Å². The smallest absolute Gasteiger partial charge is 0.257 e. The molecule has 0 spiro atoms. The highest BCUT2D eigenvalue weighted by atomic mass is 16.3. The Morgan fingerprint density at radius 2 is 2.30 bits per heavy atom. The van der Waals surface area contributed by atoms with E-state index in [1.54, 1.807) is 12.1 Å². The predicted molar refractivity (Wildman–Crippen MR) is 75.2 cm³/mol. The summed E-state index contributed by atoms with van der Waals surface area (Å²) in [7, 11) is 0. The molecular formula is C14H16N4O2. The molecule has 104 valence electrons. The van der Waals surface area contributed by atoms with E-state index in [4.69, 9.17) is 5.73 Å². The van der Waals surface area contributed by atoms with Gasteiger partial charge in [-0.15, -0.1) is 0 Å². The van der Waals surface area contributed by atoms with E-state index >= 15 is 0 Å². The molecule has 0 amide bonds. The zero-order chi connectivity index (χ0) is 14.1. The van der Waals surface area contributed by atoms with Crippen LogP contribution in [0, 0.1) is 0 Å². The third-order valence-corrected chi connectivity index (χ3v) is 3.48. The third-order valence-electron chi connectivity index (χ3n) is 3.48. The van der Waals surface area contributed by atoms with Gasteiger partial charge in [0, 0.05) is 26.1 Å². The van der Waals surface area contributed by atoms with Gasteiger partial charge in [0.15, 0.2) is 0 Å². The molecule has 0 unspecified atom stereocenters. The highest BCUT2D eigenvalue weighted by Crippen LogP contribution is 2.18. The summed E-state index contributed by atoms with van der Waals surface area (Å²) in [5.41, 5.74) is 7.89. The number of phenols is 1. The minimum Gasteiger partial charge on any atom is -0.508 e. The van der Waals surface area contributed by atoms with Gasteiger partial charge < -0.3 is 10.8 Å². The minimum atomic E-state index is -0.159. The number of rotatable bonds is 2. The number of nitrogens with one attached hydrogen (secondary N) is 1. The SMILES string of the molecule is Nc1nc2c(c(=O)[nH]1)CN(Cc1cccc(O)c1)CC2. The lowest BCUT2D eigenvalue weighted by Gasteiger charge is -2.27. The van der Waals surface area contributed by atoms with Gasteiger partial charge in [0.2, 0.25) is 5.95 Å². The first-order valence-electron chi connectivity index (χ1n) is 6.49. The molecule has 2 aromatic rings. The van der Waals surface area contributed by atoms with Crippen molar-refractivity contribution < 1.29 is 5.11 Å². The van der Waals surface area contributed by atoms with Crippen molar-refractivity contribution in [2.75, 3.05) is 12.3 Å². The number of nitrogen functional groups attached to an aromatic ring is 1. The van der Waals surface area contributed by atoms with Gasteiger partial charge in [-0.05, 0) is 17.7 Å². The van der Waals surface area contributed by atoms with Crippen LogP contribution in [0.5, 0.6) is 5.75 Å². The van der Waals surface area contributed by atoms with Crippen LogP contribution in [0.1, 0.15) is 16.8 Å². The largest absolute Gasteiger partial charge is 0.508 e. The summed E-state index contributed by atoms with van der Waals surface area (Å²) >= 11 is 0. The number of fused-ring (bicyclic) bond motifs is 1. The number of hydrogen-bond donors (Lipinski definition) is 3. The van der Waals surface area contributed by atoms with Crippen LogP contribution in [0.15, 0.2) is 29.1 Å². The molecule has 0 saturated heterocycles. The van der Waals surface area contributed by atoms with E-state index in [1.165, 1.54) is 0 Å². The maximum absolute atomic E-state index is 11.9. The minimum absolute atomic E-state index is 0.159. The molecule has 2 heterocycles. The van der Waals surface area contributed by atoms with E-state index in [2.05, 4.69) is 14.9 Å². The van der Waals surface area contributed by atoms with Crippen molar-refractivity contribution in [3.05, 3.63) is 51.4 Å². The molecule has 1 aliphatic rings. The monoisotopic (exact) mass is 272 g/mol. The predicted octanol–water partition coefficient (Wildman–Crippen LogP) is 0.616. The molecular weight excluding hydrogens is 256 g/mol. The van der Waals surface area contributed by atoms with E-state index in [-0.39, 0.29) is 17.3 Å². The van der Waals surface area contributed by atoms with Crippen LogP contribution in [0.4, 0.5) is 5.95 Å². The maximum Gasteiger partial charge on any atom is 0.257 e. The van der Waals surface area contributed by atoms with Gasteiger partial charge in [-0.3, -0.25) is 14.7 Å². The number of benzene rings is 1. The Hall–Kier alpha value is -2.34. The summed E-state index contributed by atoms with van der Waals surface area (Å²) in [6, 6.07) is 7.16. The van der Waals surface area contributed by atoms with Crippen molar-refractivity contribution in [1.82, 2.24) is 14.9 Å². The van der Waals surface area contributed by atoms with Crippen LogP contribution < -0.4 is 11.3 Å². The van der Waals surface area contributed by atoms with Crippen LogP contribution in [0.25, 0.3) is 0 Å². The number of aromatic hydroxyl groups is 1. The fraction of sp³-hybridized carbons (Fsp3) is 0.286. The van der Waals surface area contributed by atoms with Crippen LogP contribution >= 0.6 is 0 Å². The third kappa shape index (κ3) is 2.50. The molecule has 20 heavy (non-hydrogen) atoms. The topological polar surface area (TPSA) is 95.2 Å². The Morgan fingerprint density at radius 1 is 1.45 bits per heavy atom. The second-order valence-corrected chi connectivity index (χ2v) is 5.01. The van der Waals surface area contributed by atoms with Crippen molar-refractivity contribution in [3.8, 4) is 5.75 Å². The fourth-order valence-corrected chi connectivity index (χ4v) is 2.55. The van der Waals surface area contributed by atoms with Crippen molar-refractivity contribution in [2.45, 2.75) is 19.5 Å². The number of H-pyrrole nitrogens is 1. The summed E-state index contributed by atoms with van der Waals surface area (Å²) in [5.74, 6) is 0.433. The zero-order valence-corrected chi connectivity index (χ0v) is 11.0. The molecule has 4 N–H and O–H groups in total. The standard InChI is InChI=1S/C14H16N4O2/c15-14-16-12-4-5-18(8-11(12)13(20)17-14)7-9-2-1-3-10(19)6-9/h1-3,6,19H,4-5,7-8H2,(H3,15,16,17,20). The molecule has 6 nitrogen and oxygen atoms in total. The normalized spacial score (nSPS) is 15.0. The summed E-state index contributed by atoms with van der Waals surface area (Å²) in [6.07, 6.45) is 0.711. The Bertz CT molecular complexity index is 696. The Balaban J connectivity index is 1.81. The van der Waals surface area contributed by atoms with Crippen molar-refractivity contribution in [2.24, 2.45) is 0 Å². The van der Waals surface area contributed by atoms with Crippen LogP contribution in [0.2, 0.25) is 0 Å². The van der Waals surface area contributed by atoms with E-state index < -0.39 is 0 Å². The highest BCUT2D eigenvalue weighted by molar-refractivity contribution is 5.29. The summed E-state index contributed by atoms with van der Waals surface area (Å²) in [4.78, 5) is 20.8. The lowest BCUT2D eigenvalue weighted by atomic mass is 10.1. The maximum atomic E-state index is 11.9. The summed E-state index contributed by atoms with van der Waals surface area (Å²) < 4.78 is 0. The van der Waals surface area contributed by atoms with Crippen LogP contribution in [-0.2, 0) is 19.5 Å². The number of phenolic OH excluding ortho intramolecular Hbond substituents is 1. The number of aromatic nitrogens is 2. The lowest BCUT2D eigenvalue weighted by Crippen LogP contribution is -2.35. The highest BCUT2D eigenvalue weighted by Gasteiger charge is 2.20. The second-order valence-electron chi connectivity index (χ2n) is 5.01. The molecule has 0 bridgehead atoms. The van der Waals surface area contributed by atoms with Gasteiger partial charge in [-0.25, -0.2) is 4.98 Å². The molecule has 0 fully saturated rings. The molecule has 0 saturated carbocycles. The van der Waals surface area contributed by atoms with Crippen LogP contribution in [-0.4, -0.2) is 26.5 Å². The molecule has 0 radical (unpaired) electrons. The van der Waals surface area contributed by atoms with E-state index in [1.807, 2.05) is 12.1 Å². The Labute approximate surface area is 115 Å². The van der Waals surface area contributed by atoms with Gasteiger partial charge in [0.25, 0.3) is 5.56 Å². The van der Waals surface area contributed by atoms with Crippen LogP contribution in [0.3, 0.4) is 0 Å².